The molecule has 1 aromatic rings. The van der Waals surface area contributed by atoms with Crippen molar-refractivity contribution in [2.24, 2.45) is 0 Å². The van der Waals surface area contributed by atoms with Crippen molar-refractivity contribution >= 4 is 17.5 Å². The van der Waals surface area contributed by atoms with Crippen LogP contribution in [0.2, 0.25) is 0 Å². The Morgan fingerprint density at radius 2 is 1.50 bits per heavy atom. The molecule has 1 atom stereocenters. The van der Waals surface area contributed by atoms with Crippen LogP contribution in [-0.4, -0.2) is 17.8 Å². The number of halogens is 6. The summed E-state index contributed by atoms with van der Waals surface area (Å²) in [6, 6.07) is -0.519. The van der Waals surface area contributed by atoms with E-state index in [0.717, 1.165) is 0 Å². The minimum absolute atomic E-state index is 0.176. The molecule has 112 valence electrons. The number of carbonyl (C=O) groups excluding carboxylic acids is 1. The van der Waals surface area contributed by atoms with Gasteiger partial charge in [-0.15, -0.1) is 11.6 Å². The molecule has 1 unspecified atom stereocenters. The van der Waals surface area contributed by atoms with E-state index in [1.807, 2.05) is 0 Å². The van der Waals surface area contributed by atoms with Crippen LogP contribution in [0.15, 0.2) is 0 Å². The Morgan fingerprint density at radius 1 is 1.05 bits per heavy atom. The highest BCUT2D eigenvalue weighted by Crippen LogP contribution is 2.23. The third-order valence-electron chi connectivity index (χ3n) is 2.72. The lowest BCUT2D eigenvalue weighted by Crippen LogP contribution is -2.36. The Morgan fingerprint density at radius 3 is 1.90 bits per heavy atom. The van der Waals surface area contributed by atoms with E-state index >= 15 is 0 Å². The maximum absolute atomic E-state index is 13.4. The minimum atomic E-state index is -2.30. The first-order chi connectivity index (χ1) is 9.34. The van der Waals surface area contributed by atoms with Crippen molar-refractivity contribution in [1.29, 1.82) is 0 Å². The highest BCUT2D eigenvalue weighted by molar-refractivity contribution is 6.17. The van der Waals surface area contributed by atoms with Crippen LogP contribution >= 0.6 is 11.6 Å². The van der Waals surface area contributed by atoms with Gasteiger partial charge in [0.2, 0.25) is 5.82 Å². The van der Waals surface area contributed by atoms with Crippen LogP contribution < -0.4 is 5.32 Å². The van der Waals surface area contributed by atoms with Crippen LogP contribution in [0, 0.1) is 29.1 Å². The molecule has 0 fully saturated rings. The highest BCUT2D eigenvalue weighted by atomic mass is 35.5. The first kappa shape index (κ1) is 16.7. The number of hydrogen-bond donors (Lipinski definition) is 1. The second kappa shape index (κ2) is 6.88. The van der Waals surface area contributed by atoms with Gasteiger partial charge in [0.05, 0.1) is 0 Å². The van der Waals surface area contributed by atoms with Gasteiger partial charge < -0.3 is 5.32 Å². The second-order valence-corrected chi connectivity index (χ2v) is 4.38. The molecule has 1 aromatic carbocycles. The lowest BCUT2D eigenvalue weighted by Gasteiger charge is -2.16. The predicted octanol–water partition coefficient (Wildman–Crippen LogP) is 3.52. The molecule has 8 heteroatoms. The van der Waals surface area contributed by atoms with E-state index in [1.54, 1.807) is 6.92 Å². The molecule has 0 saturated heterocycles. The van der Waals surface area contributed by atoms with Crippen LogP contribution in [0.3, 0.4) is 0 Å². The van der Waals surface area contributed by atoms with Crippen LogP contribution in [0.4, 0.5) is 22.0 Å². The van der Waals surface area contributed by atoms with Gasteiger partial charge in [-0.25, -0.2) is 22.0 Å². The first-order valence-corrected chi connectivity index (χ1v) is 6.26. The van der Waals surface area contributed by atoms with E-state index in [2.05, 4.69) is 5.32 Å². The number of carbonyl (C=O) groups is 1. The van der Waals surface area contributed by atoms with Gasteiger partial charge in [0.15, 0.2) is 23.3 Å². The number of rotatable bonds is 5. The molecule has 1 N–H and O–H groups in total. The third kappa shape index (κ3) is 3.20. The van der Waals surface area contributed by atoms with Gasteiger partial charge in [-0.2, -0.15) is 0 Å². The summed E-state index contributed by atoms with van der Waals surface area (Å²) in [7, 11) is 0. The maximum atomic E-state index is 13.4. The number of benzene rings is 1. The molecule has 0 bridgehead atoms. The molecular formula is C12H11ClF5NO. The third-order valence-corrected chi connectivity index (χ3v) is 2.94. The van der Waals surface area contributed by atoms with Gasteiger partial charge in [0.25, 0.3) is 5.91 Å². The zero-order valence-corrected chi connectivity index (χ0v) is 11.1. The van der Waals surface area contributed by atoms with Gasteiger partial charge in [0, 0.05) is 11.9 Å². The highest BCUT2D eigenvalue weighted by Gasteiger charge is 2.30. The van der Waals surface area contributed by atoms with E-state index in [1.165, 1.54) is 0 Å². The summed E-state index contributed by atoms with van der Waals surface area (Å²) in [6.45, 7) is 1.68. The van der Waals surface area contributed by atoms with Crippen molar-refractivity contribution in [2.45, 2.75) is 25.8 Å². The van der Waals surface area contributed by atoms with Crippen molar-refractivity contribution in [1.82, 2.24) is 5.32 Å². The monoisotopic (exact) mass is 315 g/mol. The normalized spacial score (nSPS) is 12.3. The van der Waals surface area contributed by atoms with Crippen molar-refractivity contribution < 1.29 is 26.7 Å². The molecule has 1 amide bonds. The summed E-state index contributed by atoms with van der Waals surface area (Å²) in [5.74, 6) is -12.1. The summed E-state index contributed by atoms with van der Waals surface area (Å²) in [5, 5.41) is 2.18. The standard InChI is InChI=1S/C12H11ClF5NO/c1-2-5(3-4-13)19-12(20)6-7(14)9(16)11(18)10(17)8(6)15/h5H,2-4H2,1H3,(H,19,20). The van der Waals surface area contributed by atoms with E-state index in [9.17, 15) is 26.7 Å². The molecule has 1 rings (SSSR count). The Balaban J connectivity index is 3.17. The first-order valence-electron chi connectivity index (χ1n) is 5.73. The van der Waals surface area contributed by atoms with Crippen LogP contribution in [-0.2, 0) is 0 Å². The molecule has 0 aliphatic carbocycles. The molecule has 0 aromatic heterocycles. The molecule has 2 nitrogen and oxygen atoms in total. The topological polar surface area (TPSA) is 29.1 Å². The molecule has 0 saturated carbocycles. The predicted molar refractivity (Wildman–Crippen MR) is 63.1 cm³/mol. The fraction of sp³-hybridized carbons (Fsp3) is 0.417. The van der Waals surface area contributed by atoms with Crippen LogP contribution in [0.5, 0.6) is 0 Å². The van der Waals surface area contributed by atoms with Crippen molar-refractivity contribution in [3.8, 4) is 0 Å². The molecule has 0 aliphatic rings. The minimum Gasteiger partial charge on any atom is -0.349 e. The Labute approximate surface area is 116 Å². The number of nitrogens with one attached hydrogen (secondary N) is 1. The van der Waals surface area contributed by atoms with E-state index in [4.69, 9.17) is 11.6 Å². The van der Waals surface area contributed by atoms with Crippen molar-refractivity contribution in [3.63, 3.8) is 0 Å². The Hall–Kier alpha value is -1.37. The summed E-state index contributed by atoms with van der Waals surface area (Å²) in [4.78, 5) is 11.7. The molecule has 20 heavy (non-hydrogen) atoms. The second-order valence-electron chi connectivity index (χ2n) is 4.00. The Bertz CT molecular complexity index is 494. The van der Waals surface area contributed by atoms with E-state index < -0.39 is 46.6 Å². The van der Waals surface area contributed by atoms with Gasteiger partial charge in [-0.05, 0) is 12.8 Å². The molecule has 0 radical (unpaired) electrons. The largest absolute Gasteiger partial charge is 0.349 e. The van der Waals surface area contributed by atoms with E-state index in [0.29, 0.717) is 12.8 Å². The quantitative estimate of drug-likeness (QED) is 0.383. The summed E-state index contributed by atoms with van der Waals surface area (Å²) >= 11 is 5.47. The average molecular weight is 316 g/mol. The van der Waals surface area contributed by atoms with Crippen LogP contribution in [0.25, 0.3) is 0 Å². The lowest BCUT2D eigenvalue weighted by atomic mass is 10.1. The summed E-state index contributed by atoms with van der Waals surface area (Å²) < 4.78 is 65.5. The van der Waals surface area contributed by atoms with Gasteiger partial charge in [-0.3, -0.25) is 4.79 Å². The van der Waals surface area contributed by atoms with Crippen molar-refractivity contribution in [2.75, 3.05) is 5.88 Å². The van der Waals surface area contributed by atoms with Gasteiger partial charge in [0.1, 0.15) is 5.56 Å². The average Bonchev–Trinajstić information content (AvgIpc) is 2.42. The van der Waals surface area contributed by atoms with Gasteiger partial charge in [-0.1, -0.05) is 6.92 Å². The number of alkyl halides is 1. The van der Waals surface area contributed by atoms with Crippen molar-refractivity contribution in [3.05, 3.63) is 34.6 Å². The smallest absolute Gasteiger partial charge is 0.257 e. The van der Waals surface area contributed by atoms with Crippen LogP contribution in [0.1, 0.15) is 30.1 Å². The number of hydrogen-bond acceptors (Lipinski definition) is 1. The zero-order valence-electron chi connectivity index (χ0n) is 10.4. The fourth-order valence-electron chi connectivity index (χ4n) is 1.57. The molecule has 0 spiro atoms. The SMILES string of the molecule is CCC(CCCl)NC(=O)c1c(F)c(F)c(F)c(F)c1F. The summed E-state index contributed by atoms with van der Waals surface area (Å²) in [6.07, 6.45) is 0.701. The summed E-state index contributed by atoms with van der Waals surface area (Å²) in [5.41, 5.74) is -1.49. The van der Waals surface area contributed by atoms with E-state index in [-0.39, 0.29) is 5.88 Å². The number of amides is 1. The lowest BCUT2D eigenvalue weighted by molar-refractivity contribution is 0.0923. The molecule has 0 heterocycles. The molecular weight excluding hydrogens is 305 g/mol. The fourth-order valence-corrected chi connectivity index (χ4v) is 1.84. The molecule has 0 aliphatic heterocycles. The Kier molecular flexibility index (Phi) is 5.74. The zero-order chi connectivity index (χ0) is 15.4. The van der Waals surface area contributed by atoms with Gasteiger partial charge >= 0.3 is 0 Å². The maximum Gasteiger partial charge on any atom is 0.257 e.